The minimum Gasteiger partial charge on any atom is -0.322 e. The number of halogens is 1. The molecule has 1 atom stereocenters. The molecule has 1 N–H and O–H groups in total. The number of hydrogen-bond acceptors (Lipinski definition) is 6. The van der Waals surface area contributed by atoms with Gasteiger partial charge in [0.25, 0.3) is 5.56 Å². The molecule has 2 fully saturated rings. The normalized spacial score (nSPS) is 18.7. The maximum atomic E-state index is 13.5. The van der Waals surface area contributed by atoms with Gasteiger partial charge in [-0.2, -0.15) is 0 Å². The highest BCUT2D eigenvalue weighted by atomic mass is 19.1. The van der Waals surface area contributed by atoms with Crippen molar-refractivity contribution in [3.05, 3.63) is 87.2 Å². The quantitative estimate of drug-likeness (QED) is 0.417. The number of nitrogens with one attached hydrogen (secondary N) is 1. The number of nitrogens with zero attached hydrogens (tertiary/aromatic N) is 6. The van der Waals surface area contributed by atoms with E-state index in [1.807, 2.05) is 18.2 Å². The highest BCUT2D eigenvalue weighted by Crippen LogP contribution is 2.30. The fourth-order valence-electron chi connectivity index (χ4n) is 6.13. The highest BCUT2D eigenvalue weighted by Gasteiger charge is 2.34. The van der Waals surface area contributed by atoms with Crippen molar-refractivity contribution in [2.75, 3.05) is 26.2 Å². The van der Waals surface area contributed by atoms with E-state index in [0.29, 0.717) is 24.0 Å². The largest absolute Gasteiger partial charge is 0.322 e. The molecular weight excluding hydrogens is 481 g/mol. The summed E-state index contributed by atoms with van der Waals surface area (Å²) >= 11 is 0. The van der Waals surface area contributed by atoms with E-state index in [1.54, 1.807) is 16.8 Å². The Kier molecular flexibility index (Phi) is 7.04. The van der Waals surface area contributed by atoms with Gasteiger partial charge in [-0.15, -0.1) is 5.10 Å². The summed E-state index contributed by atoms with van der Waals surface area (Å²) in [6, 6.07) is 14.7. The summed E-state index contributed by atoms with van der Waals surface area (Å²) < 4.78 is 15.2. The minimum atomic E-state index is -0.396. The molecule has 2 aromatic carbocycles. The van der Waals surface area contributed by atoms with Gasteiger partial charge < -0.3 is 4.98 Å². The first kappa shape index (κ1) is 24.9. The van der Waals surface area contributed by atoms with Crippen LogP contribution < -0.4 is 5.56 Å². The zero-order valence-corrected chi connectivity index (χ0v) is 21.8. The van der Waals surface area contributed by atoms with Gasteiger partial charge in [-0.3, -0.25) is 14.6 Å². The molecule has 2 aliphatic rings. The van der Waals surface area contributed by atoms with Crippen molar-refractivity contribution in [1.29, 1.82) is 0 Å². The number of aromatic amines is 1. The first-order valence-electron chi connectivity index (χ1n) is 13.7. The first-order valence-corrected chi connectivity index (χ1v) is 13.7. The number of tetrazole rings is 1. The molecule has 3 heterocycles. The topological polar surface area (TPSA) is 82.9 Å². The molecule has 1 aliphatic heterocycles. The Morgan fingerprint density at radius 2 is 1.76 bits per heavy atom. The molecule has 1 unspecified atom stereocenters. The number of benzene rings is 2. The summed E-state index contributed by atoms with van der Waals surface area (Å²) in [5.74, 6) is 0.343. The smallest absolute Gasteiger partial charge is 0.253 e. The Labute approximate surface area is 221 Å². The van der Waals surface area contributed by atoms with Crippen molar-refractivity contribution in [3.63, 3.8) is 0 Å². The van der Waals surface area contributed by atoms with Crippen LogP contribution >= 0.6 is 0 Å². The predicted octanol–water partition coefficient (Wildman–Crippen LogP) is 4.05. The van der Waals surface area contributed by atoms with Crippen LogP contribution in [0.5, 0.6) is 0 Å². The Morgan fingerprint density at radius 1 is 1.00 bits per heavy atom. The molecule has 0 radical (unpaired) electrons. The average molecular weight is 516 g/mol. The molecule has 1 saturated carbocycles. The van der Waals surface area contributed by atoms with E-state index >= 15 is 0 Å². The summed E-state index contributed by atoms with van der Waals surface area (Å²) in [4.78, 5) is 21.6. The monoisotopic (exact) mass is 515 g/mol. The van der Waals surface area contributed by atoms with Gasteiger partial charge in [0.05, 0.1) is 6.54 Å². The number of aryl methyl sites for hydroxylation is 1. The molecule has 0 spiro atoms. The van der Waals surface area contributed by atoms with E-state index in [1.165, 1.54) is 44.2 Å². The second kappa shape index (κ2) is 10.7. The van der Waals surface area contributed by atoms with E-state index < -0.39 is 6.04 Å². The van der Waals surface area contributed by atoms with Crippen molar-refractivity contribution in [3.8, 4) is 0 Å². The van der Waals surface area contributed by atoms with E-state index in [4.69, 9.17) is 0 Å². The standard InChI is InChI=1S/C29H34FN7O/c1-20-7-12-26-22(17-20)18-25(29(38)31-26)27(36-15-13-35(14-16-36)24-5-3-2-4-6-24)28-32-33-34-37(28)19-21-8-10-23(30)11-9-21/h7-12,17-18,24,27H,2-6,13-16,19H2,1H3,(H,31,38). The molecule has 2 aromatic heterocycles. The molecule has 9 heteroatoms. The van der Waals surface area contributed by atoms with Crippen LogP contribution in [-0.4, -0.2) is 67.2 Å². The maximum absolute atomic E-state index is 13.5. The van der Waals surface area contributed by atoms with Crippen LogP contribution in [0.25, 0.3) is 10.9 Å². The van der Waals surface area contributed by atoms with Gasteiger partial charge in [0.15, 0.2) is 5.82 Å². The lowest BCUT2D eigenvalue weighted by Crippen LogP contribution is -2.52. The number of aromatic nitrogens is 5. The summed E-state index contributed by atoms with van der Waals surface area (Å²) in [5, 5.41) is 13.7. The molecule has 198 valence electrons. The zero-order chi connectivity index (χ0) is 26.1. The van der Waals surface area contributed by atoms with E-state index in [-0.39, 0.29) is 11.4 Å². The van der Waals surface area contributed by atoms with Crippen LogP contribution in [0.15, 0.2) is 53.3 Å². The van der Waals surface area contributed by atoms with Gasteiger partial charge in [-0.25, -0.2) is 9.07 Å². The predicted molar refractivity (Wildman–Crippen MR) is 144 cm³/mol. The van der Waals surface area contributed by atoms with Crippen molar-refractivity contribution in [1.82, 2.24) is 35.0 Å². The zero-order valence-electron chi connectivity index (χ0n) is 21.8. The molecule has 8 nitrogen and oxygen atoms in total. The second-order valence-corrected chi connectivity index (χ2v) is 10.7. The van der Waals surface area contributed by atoms with Crippen LogP contribution in [-0.2, 0) is 6.54 Å². The molecule has 38 heavy (non-hydrogen) atoms. The SMILES string of the molecule is Cc1ccc2[nH]c(=O)c(C(c3nnnn3Cc3ccc(F)cc3)N3CCN(C4CCCCC4)CC3)cc2c1. The molecule has 0 bridgehead atoms. The third-order valence-corrected chi connectivity index (χ3v) is 8.18. The van der Waals surface area contributed by atoms with Crippen LogP contribution in [0, 0.1) is 12.7 Å². The number of pyridine rings is 1. The number of hydrogen-bond donors (Lipinski definition) is 1. The van der Waals surface area contributed by atoms with Crippen molar-refractivity contribution >= 4 is 10.9 Å². The van der Waals surface area contributed by atoms with E-state index in [9.17, 15) is 9.18 Å². The van der Waals surface area contributed by atoms with Crippen LogP contribution in [0.1, 0.15) is 60.7 Å². The second-order valence-electron chi connectivity index (χ2n) is 10.7. The number of H-pyrrole nitrogens is 1. The van der Waals surface area contributed by atoms with Crippen LogP contribution in [0.3, 0.4) is 0 Å². The number of fused-ring (bicyclic) bond motifs is 1. The molecule has 1 saturated heterocycles. The van der Waals surface area contributed by atoms with Gasteiger partial charge in [0, 0.05) is 43.3 Å². The summed E-state index contributed by atoms with van der Waals surface area (Å²) in [6.45, 7) is 6.03. The van der Waals surface area contributed by atoms with E-state index in [0.717, 1.165) is 48.2 Å². The molecule has 1 aliphatic carbocycles. The fourth-order valence-corrected chi connectivity index (χ4v) is 6.13. The summed E-state index contributed by atoms with van der Waals surface area (Å²) in [6.07, 6.45) is 6.54. The van der Waals surface area contributed by atoms with Gasteiger partial charge in [-0.05, 0) is 71.5 Å². The Bertz CT molecular complexity index is 1450. The molecular formula is C29H34FN7O. The number of piperazine rings is 1. The van der Waals surface area contributed by atoms with Crippen LogP contribution in [0.4, 0.5) is 4.39 Å². The fraction of sp³-hybridized carbons (Fsp3) is 0.448. The molecule has 4 aromatic rings. The van der Waals surface area contributed by atoms with Gasteiger partial charge in [0.1, 0.15) is 11.9 Å². The Hall–Kier alpha value is -3.43. The minimum absolute atomic E-state index is 0.127. The third kappa shape index (κ3) is 5.13. The van der Waals surface area contributed by atoms with Crippen LogP contribution in [0.2, 0.25) is 0 Å². The van der Waals surface area contributed by atoms with E-state index in [2.05, 4.69) is 43.3 Å². The summed E-state index contributed by atoms with van der Waals surface area (Å²) in [7, 11) is 0. The summed E-state index contributed by atoms with van der Waals surface area (Å²) in [5.41, 5.74) is 3.36. The Balaban J connectivity index is 1.36. The lowest BCUT2D eigenvalue weighted by molar-refractivity contribution is 0.0618. The lowest BCUT2D eigenvalue weighted by Gasteiger charge is -2.43. The van der Waals surface area contributed by atoms with Crippen molar-refractivity contribution in [2.24, 2.45) is 0 Å². The highest BCUT2D eigenvalue weighted by molar-refractivity contribution is 5.79. The van der Waals surface area contributed by atoms with Gasteiger partial charge >= 0.3 is 0 Å². The third-order valence-electron chi connectivity index (χ3n) is 8.18. The average Bonchev–Trinajstić information content (AvgIpc) is 3.39. The molecule has 6 rings (SSSR count). The first-order chi connectivity index (χ1) is 18.5. The van der Waals surface area contributed by atoms with Crippen molar-refractivity contribution in [2.45, 2.75) is 57.7 Å². The van der Waals surface area contributed by atoms with Crippen molar-refractivity contribution < 1.29 is 4.39 Å². The molecule has 0 amide bonds. The van der Waals surface area contributed by atoms with Gasteiger partial charge in [-0.1, -0.05) is 43.0 Å². The number of rotatable bonds is 6. The maximum Gasteiger partial charge on any atom is 0.253 e. The van der Waals surface area contributed by atoms with Gasteiger partial charge in [0.2, 0.25) is 0 Å². The Morgan fingerprint density at radius 3 is 2.53 bits per heavy atom. The lowest BCUT2D eigenvalue weighted by atomic mass is 9.93.